The van der Waals surface area contributed by atoms with Crippen molar-refractivity contribution >= 4 is 40.1 Å². The molecule has 3 rings (SSSR count). The van der Waals surface area contributed by atoms with Crippen molar-refractivity contribution in [2.24, 2.45) is 0 Å². The van der Waals surface area contributed by atoms with Crippen molar-refractivity contribution in [3.8, 4) is 0 Å². The lowest BCUT2D eigenvalue weighted by Crippen LogP contribution is -2.33. The van der Waals surface area contributed by atoms with Gasteiger partial charge in [0.05, 0.1) is 21.1 Å². The first-order valence-corrected chi connectivity index (χ1v) is 9.98. The van der Waals surface area contributed by atoms with Crippen LogP contribution in [-0.2, 0) is 11.2 Å². The predicted octanol–water partition coefficient (Wildman–Crippen LogP) is 5.41. The number of hydrogen-bond acceptors (Lipinski definition) is 2. The summed E-state index contributed by atoms with van der Waals surface area (Å²) < 4.78 is 2.06. The Morgan fingerprint density at radius 3 is 2.63 bits per heavy atom. The number of rotatable bonds is 7. The molecule has 142 valence electrons. The van der Waals surface area contributed by atoms with Crippen molar-refractivity contribution in [3.63, 3.8) is 0 Å². The summed E-state index contributed by atoms with van der Waals surface area (Å²) in [7, 11) is 0. The number of halogens is 2. The van der Waals surface area contributed by atoms with Crippen LogP contribution in [0.25, 0.3) is 11.0 Å². The number of benzene rings is 2. The van der Waals surface area contributed by atoms with Crippen LogP contribution in [-0.4, -0.2) is 22.0 Å². The Bertz CT molecular complexity index is 952. The third kappa shape index (κ3) is 4.28. The fourth-order valence-electron chi connectivity index (χ4n) is 3.25. The first kappa shape index (κ1) is 19.7. The monoisotopic (exact) mass is 403 g/mol. The molecule has 6 heteroatoms. The van der Waals surface area contributed by atoms with E-state index in [1.807, 2.05) is 50.2 Å². The number of carbonyl (C=O) groups is 1. The van der Waals surface area contributed by atoms with E-state index in [1.54, 1.807) is 6.07 Å². The average Bonchev–Trinajstić information content (AvgIpc) is 3.02. The van der Waals surface area contributed by atoms with Crippen LogP contribution in [0.5, 0.6) is 0 Å². The van der Waals surface area contributed by atoms with E-state index < -0.39 is 0 Å². The molecule has 0 aliphatic carbocycles. The van der Waals surface area contributed by atoms with E-state index in [0.29, 0.717) is 29.4 Å². The second-order valence-electron chi connectivity index (χ2n) is 6.53. The molecule has 1 heterocycles. The molecule has 0 radical (unpaired) electrons. The molecule has 2 aromatic carbocycles. The lowest BCUT2D eigenvalue weighted by molar-refractivity contribution is -0.124. The molecule has 0 bridgehead atoms. The first-order valence-electron chi connectivity index (χ1n) is 9.22. The minimum atomic E-state index is -0.304. The maximum atomic E-state index is 12.8. The fourth-order valence-corrected chi connectivity index (χ4v) is 3.57. The lowest BCUT2D eigenvalue weighted by Gasteiger charge is -2.20. The predicted molar refractivity (Wildman–Crippen MR) is 112 cm³/mol. The minimum absolute atomic E-state index is 0.0258. The lowest BCUT2D eigenvalue weighted by atomic mass is 10.1. The zero-order valence-electron chi connectivity index (χ0n) is 15.5. The van der Waals surface area contributed by atoms with Crippen LogP contribution >= 0.6 is 23.2 Å². The van der Waals surface area contributed by atoms with Gasteiger partial charge in [-0.05, 0) is 42.7 Å². The topological polar surface area (TPSA) is 46.9 Å². The Morgan fingerprint density at radius 2 is 1.93 bits per heavy atom. The van der Waals surface area contributed by atoms with Crippen LogP contribution in [0.2, 0.25) is 10.0 Å². The largest absolute Gasteiger partial charge is 0.354 e. The second-order valence-corrected chi connectivity index (χ2v) is 7.34. The maximum absolute atomic E-state index is 12.8. The molecule has 0 saturated carbocycles. The van der Waals surface area contributed by atoms with E-state index in [4.69, 9.17) is 28.2 Å². The quantitative estimate of drug-likeness (QED) is 0.572. The van der Waals surface area contributed by atoms with Gasteiger partial charge in [0, 0.05) is 13.0 Å². The van der Waals surface area contributed by atoms with Gasteiger partial charge in [0.15, 0.2) is 0 Å². The van der Waals surface area contributed by atoms with Crippen LogP contribution in [0.15, 0.2) is 42.5 Å². The molecule has 3 aromatic rings. The molecule has 0 aliphatic heterocycles. The van der Waals surface area contributed by atoms with Crippen LogP contribution in [0, 0.1) is 0 Å². The average molecular weight is 404 g/mol. The van der Waals surface area contributed by atoms with Gasteiger partial charge in [-0.1, -0.05) is 55.2 Å². The number of amides is 1. The molecule has 0 spiro atoms. The molecule has 27 heavy (non-hydrogen) atoms. The number of hydrogen-bond donors (Lipinski definition) is 1. The number of para-hydroxylation sites is 2. The molecule has 0 saturated heterocycles. The number of fused-ring (bicyclic) bond motifs is 1. The van der Waals surface area contributed by atoms with Crippen LogP contribution < -0.4 is 5.32 Å². The summed E-state index contributed by atoms with van der Waals surface area (Å²) in [5.74, 6) is 0.867. The van der Waals surface area contributed by atoms with Crippen LogP contribution in [0.4, 0.5) is 0 Å². The molecule has 1 N–H and O–H groups in total. The van der Waals surface area contributed by atoms with E-state index in [1.165, 1.54) is 0 Å². The highest BCUT2D eigenvalue weighted by Crippen LogP contribution is 2.27. The van der Waals surface area contributed by atoms with Gasteiger partial charge in [-0.15, -0.1) is 0 Å². The SMILES string of the molecule is CCCNC(=O)[C@@H](CC)n1c(Cc2ccc(Cl)c(Cl)c2)nc2ccccc21. The zero-order valence-corrected chi connectivity index (χ0v) is 17.0. The van der Waals surface area contributed by atoms with E-state index >= 15 is 0 Å². The van der Waals surface area contributed by atoms with Crippen molar-refractivity contribution in [3.05, 3.63) is 63.9 Å². The molecule has 0 unspecified atom stereocenters. The molecular weight excluding hydrogens is 381 g/mol. The van der Waals surface area contributed by atoms with Crippen LogP contribution in [0.1, 0.15) is 44.1 Å². The van der Waals surface area contributed by atoms with E-state index in [9.17, 15) is 4.79 Å². The standard InChI is InChI=1S/C21H23Cl2N3O/c1-3-11-24-21(27)18(4-2)26-19-8-6-5-7-17(19)25-20(26)13-14-9-10-15(22)16(23)12-14/h5-10,12,18H,3-4,11,13H2,1-2H3,(H,24,27)/t18-/m1/s1. The highest BCUT2D eigenvalue weighted by molar-refractivity contribution is 6.42. The molecule has 1 aromatic heterocycles. The summed E-state index contributed by atoms with van der Waals surface area (Å²) in [6.45, 7) is 4.74. The second kappa shape index (κ2) is 8.77. The zero-order chi connectivity index (χ0) is 19.4. The molecule has 0 aliphatic rings. The van der Waals surface area contributed by atoms with Gasteiger partial charge in [0.2, 0.25) is 5.91 Å². The van der Waals surface area contributed by atoms with Crippen molar-refractivity contribution in [1.82, 2.24) is 14.9 Å². The number of imidazole rings is 1. The summed E-state index contributed by atoms with van der Waals surface area (Å²) in [5, 5.41) is 4.06. The Balaban J connectivity index is 2.05. The fraction of sp³-hybridized carbons (Fsp3) is 0.333. The van der Waals surface area contributed by atoms with Gasteiger partial charge < -0.3 is 9.88 Å². The van der Waals surface area contributed by atoms with Crippen molar-refractivity contribution in [1.29, 1.82) is 0 Å². The molecule has 4 nitrogen and oxygen atoms in total. The van der Waals surface area contributed by atoms with Crippen LogP contribution in [0.3, 0.4) is 0 Å². The van der Waals surface area contributed by atoms with Gasteiger partial charge in [0.1, 0.15) is 11.9 Å². The highest BCUT2D eigenvalue weighted by atomic mass is 35.5. The van der Waals surface area contributed by atoms with Gasteiger partial charge in [-0.3, -0.25) is 4.79 Å². The normalized spacial score (nSPS) is 12.3. The first-order chi connectivity index (χ1) is 13.0. The Kier molecular flexibility index (Phi) is 6.40. The molecular formula is C21H23Cl2N3O. The summed E-state index contributed by atoms with van der Waals surface area (Å²) >= 11 is 12.2. The summed E-state index contributed by atoms with van der Waals surface area (Å²) in [5.41, 5.74) is 2.85. The van der Waals surface area contributed by atoms with Crippen molar-refractivity contribution < 1.29 is 4.79 Å². The van der Waals surface area contributed by atoms with Crippen molar-refractivity contribution in [2.75, 3.05) is 6.54 Å². The third-order valence-electron chi connectivity index (χ3n) is 4.57. The summed E-state index contributed by atoms with van der Waals surface area (Å²) in [6.07, 6.45) is 2.16. The third-order valence-corrected chi connectivity index (χ3v) is 5.30. The number of carbonyl (C=O) groups excluding carboxylic acids is 1. The van der Waals surface area contributed by atoms with Gasteiger partial charge >= 0.3 is 0 Å². The molecule has 0 fully saturated rings. The van der Waals surface area contributed by atoms with E-state index in [2.05, 4.69) is 9.88 Å². The maximum Gasteiger partial charge on any atom is 0.243 e. The number of aromatic nitrogens is 2. The molecule has 1 amide bonds. The smallest absolute Gasteiger partial charge is 0.243 e. The number of nitrogens with one attached hydrogen (secondary N) is 1. The highest BCUT2D eigenvalue weighted by Gasteiger charge is 2.24. The Labute approximate surface area is 169 Å². The van der Waals surface area contributed by atoms with E-state index in [0.717, 1.165) is 28.8 Å². The minimum Gasteiger partial charge on any atom is -0.354 e. The van der Waals surface area contributed by atoms with Crippen molar-refractivity contribution in [2.45, 2.75) is 39.2 Å². The van der Waals surface area contributed by atoms with Gasteiger partial charge in [-0.25, -0.2) is 4.98 Å². The molecule has 1 atom stereocenters. The van der Waals surface area contributed by atoms with E-state index in [-0.39, 0.29) is 11.9 Å². The van der Waals surface area contributed by atoms with Gasteiger partial charge in [-0.2, -0.15) is 0 Å². The summed E-state index contributed by atoms with van der Waals surface area (Å²) in [6, 6.07) is 13.2. The number of nitrogens with zero attached hydrogens (tertiary/aromatic N) is 2. The summed E-state index contributed by atoms with van der Waals surface area (Å²) in [4.78, 5) is 17.6. The van der Waals surface area contributed by atoms with Gasteiger partial charge in [0.25, 0.3) is 0 Å². The Hall–Kier alpha value is -2.04. The Morgan fingerprint density at radius 1 is 1.15 bits per heavy atom.